The van der Waals surface area contributed by atoms with Crippen LogP contribution in [0.25, 0.3) is 0 Å². The number of hydrogen-bond donors (Lipinski definition) is 1. The Balaban J connectivity index is 2.09. The van der Waals surface area contributed by atoms with Crippen LogP contribution in [0.4, 0.5) is 0 Å². The van der Waals surface area contributed by atoms with E-state index < -0.39 is 6.04 Å². The number of ether oxygens (including phenoxy) is 1. The van der Waals surface area contributed by atoms with Crippen LogP contribution in [-0.2, 0) is 20.7 Å². The van der Waals surface area contributed by atoms with Gasteiger partial charge in [-0.2, -0.15) is 0 Å². The molecule has 0 fully saturated rings. The molecule has 4 heteroatoms. The van der Waals surface area contributed by atoms with E-state index in [4.69, 9.17) is 4.74 Å². The highest BCUT2D eigenvalue weighted by Crippen LogP contribution is 2.14. The van der Waals surface area contributed by atoms with Gasteiger partial charge in [-0.25, -0.2) is 4.79 Å². The molecule has 0 aliphatic heterocycles. The quantitative estimate of drug-likeness (QED) is 0.146. The second-order valence-electron chi connectivity index (χ2n) is 10.00. The number of carbonyl (C=O) groups is 2. The monoisotopic (exact) mass is 473 g/mol. The first-order valence-electron chi connectivity index (χ1n) is 14.1. The van der Waals surface area contributed by atoms with Gasteiger partial charge in [0.25, 0.3) is 0 Å². The van der Waals surface area contributed by atoms with Crippen molar-refractivity contribution in [2.45, 2.75) is 142 Å². The molecule has 1 aromatic carbocycles. The van der Waals surface area contributed by atoms with E-state index in [-0.39, 0.29) is 18.0 Å². The minimum Gasteiger partial charge on any atom is -0.461 e. The van der Waals surface area contributed by atoms with E-state index in [1.807, 2.05) is 44.2 Å². The van der Waals surface area contributed by atoms with Gasteiger partial charge in [-0.3, -0.25) is 4.79 Å². The molecular formula is C30H51NO3. The number of esters is 1. The third-order valence-corrected chi connectivity index (χ3v) is 6.26. The largest absolute Gasteiger partial charge is 0.461 e. The first-order chi connectivity index (χ1) is 16.5. The van der Waals surface area contributed by atoms with E-state index in [1.165, 1.54) is 83.5 Å². The maximum Gasteiger partial charge on any atom is 0.329 e. The Bertz CT molecular complexity index is 629. The topological polar surface area (TPSA) is 55.4 Å². The maximum absolute atomic E-state index is 12.5. The van der Waals surface area contributed by atoms with E-state index in [2.05, 4.69) is 12.2 Å². The maximum atomic E-state index is 12.5. The molecule has 4 nitrogen and oxygen atoms in total. The third kappa shape index (κ3) is 16.7. The van der Waals surface area contributed by atoms with E-state index in [0.717, 1.165) is 18.4 Å². The Morgan fingerprint density at radius 3 is 1.68 bits per heavy atom. The average Bonchev–Trinajstić information content (AvgIpc) is 2.81. The molecule has 0 spiro atoms. The smallest absolute Gasteiger partial charge is 0.329 e. The summed E-state index contributed by atoms with van der Waals surface area (Å²) < 4.78 is 5.36. The summed E-state index contributed by atoms with van der Waals surface area (Å²) in [5.74, 6) is -0.417. The van der Waals surface area contributed by atoms with E-state index in [1.54, 1.807) is 0 Å². The highest BCUT2D eigenvalue weighted by atomic mass is 16.5. The second-order valence-corrected chi connectivity index (χ2v) is 10.00. The first-order valence-corrected chi connectivity index (χ1v) is 14.1. The molecule has 0 aliphatic carbocycles. The summed E-state index contributed by atoms with van der Waals surface area (Å²) in [6.45, 7) is 5.93. The molecule has 0 saturated heterocycles. The molecule has 0 bridgehead atoms. The lowest BCUT2D eigenvalue weighted by atomic mass is 10.0. The van der Waals surface area contributed by atoms with E-state index >= 15 is 0 Å². The highest BCUT2D eigenvalue weighted by molar-refractivity contribution is 5.84. The number of benzene rings is 1. The number of nitrogens with one attached hydrogen (secondary N) is 1. The molecule has 1 rings (SSSR count). The van der Waals surface area contributed by atoms with Crippen molar-refractivity contribution in [1.29, 1.82) is 0 Å². The molecule has 0 saturated carbocycles. The third-order valence-electron chi connectivity index (χ3n) is 6.26. The summed E-state index contributed by atoms with van der Waals surface area (Å²) in [5.41, 5.74) is 1.01. The van der Waals surface area contributed by atoms with Crippen LogP contribution in [0.3, 0.4) is 0 Å². The van der Waals surface area contributed by atoms with Gasteiger partial charge in [0.15, 0.2) is 0 Å². The van der Waals surface area contributed by atoms with Gasteiger partial charge in [0, 0.05) is 12.8 Å². The summed E-state index contributed by atoms with van der Waals surface area (Å²) in [7, 11) is 0. The number of rotatable bonds is 21. The van der Waals surface area contributed by atoms with Crippen LogP contribution in [0.2, 0.25) is 0 Å². The predicted molar refractivity (Wildman–Crippen MR) is 143 cm³/mol. The van der Waals surface area contributed by atoms with E-state index in [9.17, 15) is 9.59 Å². The van der Waals surface area contributed by atoms with Crippen molar-refractivity contribution in [1.82, 2.24) is 5.32 Å². The summed E-state index contributed by atoms with van der Waals surface area (Å²) in [6.07, 6.45) is 20.3. The lowest BCUT2D eigenvalue weighted by Gasteiger charge is -2.19. The van der Waals surface area contributed by atoms with Crippen LogP contribution >= 0.6 is 0 Å². The molecule has 1 unspecified atom stereocenters. The Morgan fingerprint density at radius 2 is 1.21 bits per heavy atom. The zero-order valence-corrected chi connectivity index (χ0v) is 22.3. The Hall–Kier alpha value is -1.84. The Kier molecular flexibility index (Phi) is 18.2. The summed E-state index contributed by atoms with van der Waals surface area (Å²) >= 11 is 0. The summed E-state index contributed by atoms with van der Waals surface area (Å²) in [4.78, 5) is 24.9. The van der Waals surface area contributed by atoms with Gasteiger partial charge < -0.3 is 10.1 Å². The fraction of sp³-hybridized carbons (Fsp3) is 0.733. The normalized spacial score (nSPS) is 12.0. The molecule has 194 valence electrons. The SMILES string of the molecule is CCCCCCCCCCCCCCCCCC(=O)NC(Cc1ccccc1)C(=O)OC(C)C. The van der Waals surface area contributed by atoms with Crippen LogP contribution in [0, 0.1) is 0 Å². The first kappa shape index (κ1) is 30.2. The van der Waals surface area contributed by atoms with Crippen LogP contribution in [0.5, 0.6) is 0 Å². The predicted octanol–water partition coefficient (Wildman–Crippen LogP) is 7.93. The van der Waals surface area contributed by atoms with Crippen molar-refractivity contribution in [2.24, 2.45) is 0 Å². The Morgan fingerprint density at radius 1 is 0.735 bits per heavy atom. The van der Waals surface area contributed by atoms with Gasteiger partial charge in [0.1, 0.15) is 6.04 Å². The number of hydrogen-bond acceptors (Lipinski definition) is 3. The van der Waals surface area contributed by atoms with Crippen molar-refractivity contribution in [3.63, 3.8) is 0 Å². The Labute approximate surface area is 209 Å². The molecule has 0 aromatic heterocycles. The fourth-order valence-corrected chi connectivity index (χ4v) is 4.28. The summed E-state index contributed by atoms with van der Waals surface area (Å²) in [6, 6.07) is 9.14. The van der Waals surface area contributed by atoms with Crippen molar-refractivity contribution in [3.8, 4) is 0 Å². The van der Waals surface area contributed by atoms with Gasteiger partial charge in [-0.15, -0.1) is 0 Å². The minimum atomic E-state index is -0.631. The fourth-order valence-electron chi connectivity index (χ4n) is 4.28. The van der Waals surface area contributed by atoms with Crippen molar-refractivity contribution >= 4 is 11.9 Å². The molecule has 1 N–H and O–H groups in total. The summed E-state index contributed by atoms with van der Waals surface area (Å²) in [5, 5.41) is 2.91. The average molecular weight is 474 g/mol. The zero-order valence-electron chi connectivity index (χ0n) is 22.3. The second kappa shape index (κ2) is 20.5. The van der Waals surface area contributed by atoms with Crippen molar-refractivity contribution < 1.29 is 14.3 Å². The number of amides is 1. The molecule has 1 amide bonds. The van der Waals surface area contributed by atoms with Crippen molar-refractivity contribution in [3.05, 3.63) is 35.9 Å². The van der Waals surface area contributed by atoms with Crippen LogP contribution in [0.1, 0.15) is 129 Å². The van der Waals surface area contributed by atoms with Crippen LogP contribution < -0.4 is 5.32 Å². The lowest BCUT2D eigenvalue weighted by Crippen LogP contribution is -2.44. The molecule has 34 heavy (non-hydrogen) atoms. The van der Waals surface area contributed by atoms with E-state index in [0.29, 0.717) is 12.8 Å². The molecule has 0 heterocycles. The molecular weight excluding hydrogens is 422 g/mol. The molecule has 0 aliphatic rings. The molecule has 1 aromatic rings. The van der Waals surface area contributed by atoms with Gasteiger partial charge in [-0.1, -0.05) is 127 Å². The highest BCUT2D eigenvalue weighted by Gasteiger charge is 2.23. The van der Waals surface area contributed by atoms with Crippen molar-refractivity contribution in [2.75, 3.05) is 0 Å². The van der Waals surface area contributed by atoms with Gasteiger partial charge >= 0.3 is 5.97 Å². The minimum absolute atomic E-state index is 0.0590. The van der Waals surface area contributed by atoms with Gasteiger partial charge in [0.2, 0.25) is 5.91 Å². The zero-order chi connectivity index (χ0) is 24.9. The molecule has 0 radical (unpaired) electrons. The molecule has 1 atom stereocenters. The van der Waals surface area contributed by atoms with Crippen LogP contribution in [0.15, 0.2) is 30.3 Å². The lowest BCUT2D eigenvalue weighted by molar-refractivity contribution is -0.151. The van der Waals surface area contributed by atoms with Crippen LogP contribution in [-0.4, -0.2) is 24.0 Å². The number of unbranched alkanes of at least 4 members (excludes halogenated alkanes) is 14. The number of carbonyl (C=O) groups excluding carboxylic acids is 2. The van der Waals surface area contributed by atoms with Gasteiger partial charge in [-0.05, 0) is 25.8 Å². The standard InChI is InChI=1S/C30H51NO3/c1-4-5-6-7-8-9-10-11-12-13-14-15-16-17-21-24-29(32)31-28(30(33)34-26(2)3)25-27-22-19-18-20-23-27/h18-20,22-23,26,28H,4-17,21,24-25H2,1-3H3,(H,31,32). The van der Waals surface area contributed by atoms with Gasteiger partial charge in [0.05, 0.1) is 6.10 Å².